The summed E-state index contributed by atoms with van der Waals surface area (Å²) in [6.07, 6.45) is 7.02. The molecule has 15 aromatic rings. The molecule has 12 N–H and O–H groups in total. The lowest BCUT2D eigenvalue weighted by molar-refractivity contribution is 0.368. The monoisotopic (exact) mass is 1680 g/mol. The zero-order valence-corrected chi connectivity index (χ0v) is 66.5. The first-order valence-corrected chi connectivity index (χ1v) is 41.1. The fourth-order valence-electron chi connectivity index (χ4n) is 11.9. The summed E-state index contributed by atoms with van der Waals surface area (Å²) in [7, 11) is -6.01. The van der Waals surface area contributed by atoms with Gasteiger partial charge in [-0.1, -0.05) is 177 Å². The fourth-order valence-corrected chi connectivity index (χ4v) is 13.3. The lowest BCUT2D eigenvalue weighted by Gasteiger charge is -2.09. The van der Waals surface area contributed by atoms with Gasteiger partial charge in [0.15, 0.2) is 0 Å². The van der Waals surface area contributed by atoms with Crippen LogP contribution in [0.15, 0.2) is 281 Å². The van der Waals surface area contributed by atoms with Crippen molar-refractivity contribution in [2.75, 3.05) is 6.26 Å². The summed E-state index contributed by atoms with van der Waals surface area (Å²) in [6.45, 7) is 0. The summed E-state index contributed by atoms with van der Waals surface area (Å²) >= 11 is 5.95. The molecule has 25 nitrogen and oxygen atoms in total. The first-order chi connectivity index (χ1) is 57.2. The van der Waals surface area contributed by atoms with Gasteiger partial charge in [-0.3, -0.25) is 9.19 Å². The summed E-state index contributed by atoms with van der Waals surface area (Å²) in [6, 6.07) is 66.3. The summed E-state index contributed by atoms with van der Waals surface area (Å²) in [5.74, 6) is 6.50. The van der Waals surface area contributed by atoms with E-state index < -0.39 is 19.5 Å². The van der Waals surface area contributed by atoms with Crippen molar-refractivity contribution in [1.82, 2.24) is 55.7 Å². The molecule has 33 heteroatoms. The topological polar surface area (TPSA) is 415 Å². The van der Waals surface area contributed by atoms with Gasteiger partial charge in [0.2, 0.25) is 68.6 Å². The van der Waals surface area contributed by atoms with E-state index in [9.17, 15) is 34.6 Å². The molecule has 6 heterocycles. The van der Waals surface area contributed by atoms with Crippen LogP contribution in [0.25, 0.3) is 57.1 Å². The molecule has 6 aromatic heterocycles. The molecule has 0 radical (unpaired) electrons. The minimum absolute atomic E-state index is 0.00289. The number of sulfonamides is 1. The van der Waals surface area contributed by atoms with Crippen LogP contribution in [-0.4, -0.2) is 111 Å². The van der Waals surface area contributed by atoms with Gasteiger partial charge in [0, 0.05) is 107 Å². The molecule has 6 atom stereocenters. The number of rotatable bonds is 27. The maximum Gasteiger partial charge on any atom is 0.238 e. The minimum atomic E-state index is -3.76. The van der Waals surface area contributed by atoms with Crippen LogP contribution in [0.3, 0.4) is 0 Å². The van der Waals surface area contributed by atoms with Crippen LogP contribution >= 0.6 is 11.6 Å². The van der Waals surface area contributed by atoms with Crippen LogP contribution in [0.1, 0.15) is 57.3 Å². The Morgan fingerprint density at radius 2 is 0.613 bits per heavy atom. The highest BCUT2D eigenvalue weighted by atomic mass is 35.5. The number of aromatic nitrogens is 11. The predicted molar refractivity (Wildman–Crippen MR) is 441 cm³/mol. The van der Waals surface area contributed by atoms with Crippen molar-refractivity contribution in [3.8, 4) is 57.1 Å². The molecule has 0 spiro atoms. The lowest BCUT2D eigenvalue weighted by Crippen LogP contribution is -2.26. The highest BCUT2D eigenvalue weighted by Gasteiger charge is 2.22. The first kappa shape index (κ1) is 87.3. The first-order valence-electron chi connectivity index (χ1n) is 37.1. The van der Waals surface area contributed by atoms with Crippen molar-refractivity contribution < 1.29 is 57.2 Å². The number of halogens is 6. The van der Waals surface area contributed by atoms with E-state index in [-0.39, 0.29) is 70.6 Å². The van der Waals surface area contributed by atoms with E-state index in [0.29, 0.717) is 165 Å². The lowest BCUT2D eigenvalue weighted by atomic mass is 10.0. The molecule has 1 unspecified atom stereocenters. The maximum absolute atomic E-state index is 13.7. The van der Waals surface area contributed by atoms with Crippen LogP contribution in [0.2, 0.25) is 5.02 Å². The van der Waals surface area contributed by atoms with Gasteiger partial charge >= 0.3 is 0 Å². The van der Waals surface area contributed by atoms with Crippen molar-refractivity contribution >= 4 is 37.0 Å². The number of nitrogens with two attached hydrogens (primary N) is 6. The molecule has 0 bridgehead atoms. The van der Waals surface area contributed by atoms with E-state index in [1.807, 2.05) is 54.6 Å². The Bertz CT molecular complexity index is 5680. The number of primary sulfonamides is 1. The summed E-state index contributed by atoms with van der Waals surface area (Å²) < 4.78 is 129. The molecule has 0 saturated carbocycles. The largest absolute Gasteiger partial charge is 0.339 e. The van der Waals surface area contributed by atoms with Crippen LogP contribution in [0.4, 0.5) is 22.0 Å². The Hall–Kier alpha value is -12.5. The van der Waals surface area contributed by atoms with E-state index in [1.54, 1.807) is 146 Å². The van der Waals surface area contributed by atoms with Gasteiger partial charge in [0.05, 0.1) is 4.90 Å². The SMILES string of the molecule is C=S(C)(=O)c1ccc(-c2noc(C[C@H](N)Cc3ccccc3F)n2)cc1.N[C@@H](Cc1nc(-c2ccc(S(N)(=O)=O)cc2)no1)Cc1ccccc1F.N[C@@H](Cc1nc(-c2cccc(Cl)c2)no1)Cc1ccccc1F.N[C@@H](Cc1nc(-c2ccccc2)no1)Cc1ccccc1F.N[C@@H](Cc1nc(-c2ccccn2)no1)Cc1ccccc1F. The normalized spacial score (nSPS) is 12.9. The standard InChI is InChI=1S/C19H20FN3O2S.C17H15ClFN3O.C17H17FN4O3S.C17H16FN3O.C16H15FN4O/c1-26(2,24)16-9-7-13(8-10-16)19-22-18(25-23-19)12-15(21)11-14-5-3-4-6-17(14)20;18-13-6-3-5-12(8-13)17-21-16(23-22-17)10-14(20)9-11-4-1-2-7-15(11)19;18-15-4-2-1-3-12(15)9-13(19)10-16-21-17(22-25-16)11-5-7-14(8-6-11)26(20,23)24;18-15-9-5-4-8-13(15)10-14(19)11-16-20-17(21-22-16)12-6-2-1-3-7-12;17-13-6-2-1-5-11(13)9-12(18)10-15-20-16(21-22-15)14-7-3-4-8-19-14/h3-10,15H,1,11-12,21H2,2H3;1-8,14H,9-10,20H2;1-8,13H,9-10,19H2,(H2,20,23,24);1-9,14H,10-11,19H2;1-8,12H,9-10,18H2/t15-,26?;14-;13-;14-;12-/m11111/s1. The molecular formula is C86H83ClF5N17O8S2. The third-order valence-electron chi connectivity index (χ3n) is 17.8. The third-order valence-corrected chi connectivity index (χ3v) is 20.2. The highest BCUT2D eigenvalue weighted by molar-refractivity contribution is 7.99. The van der Waals surface area contributed by atoms with Crippen molar-refractivity contribution in [2.45, 2.75) is 104 Å². The number of nitrogens with zero attached hydrogens (tertiary/aromatic N) is 11. The van der Waals surface area contributed by atoms with Gasteiger partial charge < -0.3 is 51.3 Å². The predicted octanol–water partition coefficient (Wildman–Crippen LogP) is 13.3. The Labute approximate surface area is 687 Å². The molecule has 0 fully saturated rings. The molecular weight excluding hydrogens is 1590 g/mol. The molecule has 119 heavy (non-hydrogen) atoms. The van der Waals surface area contributed by atoms with Crippen LogP contribution in [0, 0.1) is 29.1 Å². The van der Waals surface area contributed by atoms with E-state index >= 15 is 0 Å². The summed E-state index contributed by atoms with van der Waals surface area (Å²) in [5, 5.41) is 25.2. The fraction of sp³-hybridized carbons (Fsp3) is 0.186. The van der Waals surface area contributed by atoms with E-state index in [0.717, 1.165) is 16.7 Å². The number of pyridine rings is 1. The molecule has 0 saturated heterocycles. The van der Waals surface area contributed by atoms with Gasteiger partial charge in [0.25, 0.3) is 0 Å². The zero-order valence-electron chi connectivity index (χ0n) is 64.1. The average molecular weight is 1680 g/mol. The van der Waals surface area contributed by atoms with Gasteiger partial charge in [0.1, 0.15) is 34.8 Å². The Kier molecular flexibility index (Phi) is 30.9. The molecule has 0 amide bonds. The second kappa shape index (κ2) is 42.1. The Balaban J connectivity index is 0.000000146. The van der Waals surface area contributed by atoms with Crippen molar-refractivity contribution in [1.29, 1.82) is 0 Å². The molecule has 9 aromatic carbocycles. The van der Waals surface area contributed by atoms with Crippen LogP contribution in [0.5, 0.6) is 0 Å². The molecule has 0 aliphatic heterocycles. The smallest absolute Gasteiger partial charge is 0.238 e. The van der Waals surface area contributed by atoms with E-state index in [2.05, 4.69) is 61.6 Å². The molecule has 614 valence electrons. The van der Waals surface area contributed by atoms with Gasteiger partial charge in [-0.25, -0.2) is 35.5 Å². The quantitative estimate of drug-likeness (QED) is 0.0206. The molecule has 0 aliphatic carbocycles. The second-order valence-corrected chi connectivity index (χ2v) is 32.0. The van der Waals surface area contributed by atoms with Crippen LogP contribution in [-0.2, 0) is 83.8 Å². The molecule has 15 rings (SSSR count). The van der Waals surface area contributed by atoms with Crippen LogP contribution < -0.4 is 33.8 Å². The summed E-state index contributed by atoms with van der Waals surface area (Å²) in [5.41, 5.74) is 36.8. The minimum Gasteiger partial charge on any atom is -0.339 e. The summed E-state index contributed by atoms with van der Waals surface area (Å²) in [4.78, 5) is 26.3. The van der Waals surface area contributed by atoms with Gasteiger partial charge in [-0.05, 0) is 178 Å². The van der Waals surface area contributed by atoms with E-state index in [1.165, 1.54) is 54.6 Å². The zero-order chi connectivity index (χ0) is 84.4. The van der Waals surface area contributed by atoms with Gasteiger partial charge in [-0.15, -0.1) is 0 Å². The Morgan fingerprint density at radius 3 is 0.916 bits per heavy atom. The number of hydrogen-bond donors (Lipinski definition) is 6. The number of benzene rings is 9. The van der Waals surface area contributed by atoms with E-state index in [4.69, 9.17) is 68.0 Å². The highest BCUT2D eigenvalue weighted by Crippen LogP contribution is 2.26. The maximum atomic E-state index is 13.7. The molecule has 0 aliphatic rings. The van der Waals surface area contributed by atoms with Crippen molar-refractivity contribution in [3.63, 3.8) is 0 Å². The third kappa shape index (κ3) is 26.8. The van der Waals surface area contributed by atoms with Crippen molar-refractivity contribution in [2.24, 2.45) is 33.8 Å². The average Bonchev–Trinajstić information content (AvgIpc) is 1.79. The van der Waals surface area contributed by atoms with Crippen molar-refractivity contribution in [3.05, 3.63) is 340 Å². The second-order valence-electron chi connectivity index (χ2n) is 27.5. The number of hydrogen-bond acceptors (Lipinski definition) is 24. The van der Waals surface area contributed by atoms with Gasteiger partial charge in [-0.2, -0.15) is 24.9 Å². The Morgan fingerprint density at radius 1 is 0.336 bits per heavy atom.